The van der Waals surface area contributed by atoms with Crippen molar-refractivity contribution < 1.29 is 9.53 Å². The van der Waals surface area contributed by atoms with Crippen LogP contribution in [-0.2, 0) is 16.1 Å². The van der Waals surface area contributed by atoms with Crippen molar-refractivity contribution in [1.82, 2.24) is 14.5 Å². The number of hydrogen-bond acceptors (Lipinski definition) is 5. The van der Waals surface area contributed by atoms with Crippen molar-refractivity contribution in [3.63, 3.8) is 0 Å². The largest absolute Gasteiger partial charge is 0.372 e. The van der Waals surface area contributed by atoms with Crippen molar-refractivity contribution in [3.8, 4) is 0 Å². The fourth-order valence-electron chi connectivity index (χ4n) is 3.30. The molecule has 2 unspecified atom stereocenters. The molecule has 1 amide bonds. The number of nitrogens with zero attached hydrogens (tertiary/aromatic N) is 3. The van der Waals surface area contributed by atoms with Gasteiger partial charge in [0.15, 0.2) is 5.16 Å². The second kappa shape index (κ2) is 8.63. The van der Waals surface area contributed by atoms with Gasteiger partial charge in [-0.15, -0.1) is 0 Å². The molecule has 0 bridgehead atoms. The quantitative estimate of drug-likeness (QED) is 0.560. The molecule has 3 rings (SSSR count). The van der Waals surface area contributed by atoms with E-state index in [1.54, 1.807) is 22.8 Å². The first kappa shape index (κ1) is 20.2. The molecule has 2 aromatic rings. The van der Waals surface area contributed by atoms with Crippen molar-refractivity contribution in [1.29, 1.82) is 0 Å². The number of carbonyl (C=O) groups is 1. The monoisotopic (exact) mass is 409 g/mol. The normalized spacial score (nSPS) is 20.2. The van der Waals surface area contributed by atoms with Crippen LogP contribution in [0.5, 0.6) is 0 Å². The average Bonchev–Trinajstić information content (AvgIpc) is 2.61. The van der Waals surface area contributed by atoms with Crippen molar-refractivity contribution in [2.45, 2.75) is 51.1 Å². The smallest absolute Gasteiger partial charge is 0.262 e. The number of morpholine rings is 1. The summed E-state index contributed by atoms with van der Waals surface area (Å²) in [5, 5.41) is 1.63. The van der Waals surface area contributed by atoms with Gasteiger partial charge in [-0.1, -0.05) is 30.3 Å². The van der Waals surface area contributed by atoms with Gasteiger partial charge in [0.2, 0.25) is 5.91 Å². The lowest BCUT2D eigenvalue weighted by atomic mass is 10.2. The first-order valence-corrected chi connectivity index (χ1v) is 10.5. The van der Waals surface area contributed by atoms with Gasteiger partial charge in [0.05, 0.1) is 28.9 Å². The molecule has 2 heterocycles. The van der Waals surface area contributed by atoms with Crippen LogP contribution in [0.25, 0.3) is 10.9 Å². The molecule has 6 nitrogen and oxygen atoms in total. The Morgan fingerprint density at radius 1 is 1.33 bits per heavy atom. The van der Waals surface area contributed by atoms with E-state index in [0.29, 0.717) is 40.7 Å². The average molecular weight is 410 g/mol. The highest BCUT2D eigenvalue weighted by atomic mass is 35.5. The Bertz CT molecular complexity index is 892. The number of thioether (sulfide) groups is 1. The van der Waals surface area contributed by atoms with E-state index < -0.39 is 0 Å². The summed E-state index contributed by atoms with van der Waals surface area (Å²) in [7, 11) is 0. The zero-order chi connectivity index (χ0) is 19.6. The fourth-order valence-corrected chi connectivity index (χ4v) is 4.40. The van der Waals surface area contributed by atoms with Gasteiger partial charge < -0.3 is 9.64 Å². The first-order valence-electron chi connectivity index (χ1n) is 9.15. The number of halogens is 1. The van der Waals surface area contributed by atoms with Gasteiger partial charge in [0, 0.05) is 24.7 Å². The molecule has 0 aliphatic carbocycles. The molecule has 1 aliphatic rings. The van der Waals surface area contributed by atoms with Crippen LogP contribution in [0.1, 0.15) is 27.2 Å². The summed E-state index contributed by atoms with van der Waals surface area (Å²) in [6.07, 6.45) is 0.865. The Hall–Kier alpha value is -1.57. The van der Waals surface area contributed by atoms with Gasteiger partial charge in [-0.3, -0.25) is 14.2 Å². The number of fused-ring (bicyclic) bond motifs is 1. The van der Waals surface area contributed by atoms with Gasteiger partial charge in [-0.2, -0.15) is 0 Å². The van der Waals surface area contributed by atoms with Crippen molar-refractivity contribution in [3.05, 3.63) is 33.6 Å². The van der Waals surface area contributed by atoms with Crippen LogP contribution >= 0.6 is 23.4 Å². The second-order valence-electron chi connectivity index (χ2n) is 6.86. The highest BCUT2D eigenvalue weighted by Gasteiger charge is 2.26. The minimum atomic E-state index is -0.0953. The van der Waals surface area contributed by atoms with Gasteiger partial charge in [-0.05, 0) is 38.5 Å². The molecule has 1 aliphatic heterocycles. The van der Waals surface area contributed by atoms with E-state index in [1.807, 2.05) is 25.7 Å². The van der Waals surface area contributed by atoms with E-state index in [0.717, 1.165) is 6.42 Å². The number of hydrogen-bond donors (Lipinski definition) is 0. The number of ether oxygens (including phenoxy) is 1. The van der Waals surface area contributed by atoms with E-state index in [9.17, 15) is 9.59 Å². The minimum absolute atomic E-state index is 0.0295. The molecule has 1 fully saturated rings. The molecule has 0 radical (unpaired) electrons. The number of aromatic nitrogens is 2. The summed E-state index contributed by atoms with van der Waals surface area (Å²) in [6.45, 7) is 7.69. The summed E-state index contributed by atoms with van der Waals surface area (Å²) >= 11 is 7.36. The molecule has 1 aromatic heterocycles. The van der Waals surface area contributed by atoms with Crippen LogP contribution < -0.4 is 5.56 Å². The van der Waals surface area contributed by atoms with Gasteiger partial charge >= 0.3 is 0 Å². The van der Waals surface area contributed by atoms with Crippen LogP contribution in [0.3, 0.4) is 0 Å². The highest BCUT2D eigenvalue weighted by Crippen LogP contribution is 2.22. The summed E-state index contributed by atoms with van der Waals surface area (Å²) in [4.78, 5) is 31.9. The van der Waals surface area contributed by atoms with Gasteiger partial charge in [0.25, 0.3) is 5.56 Å². The Morgan fingerprint density at radius 2 is 2.04 bits per heavy atom. The standard InChI is InChI=1S/C19H24ClN3O3S/c1-4-7-23-18(25)15-6-5-14(20)8-16(15)21-19(23)27-11-17(24)22-9-12(2)26-13(3)10-22/h5-6,8,12-13H,4,7,9-11H2,1-3H3. The SMILES string of the molecule is CCCn1c(SCC(=O)N2CC(C)OC(C)C2)nc2cc(Cl)ccc2c1=O. The van der Waals surface area contributed by atoms with Crippen molar-refractivity contribution in [2.24, 2.45) is 0 Å². The lowest BCUT2D eigenvalue weighted by molar-refractivity contribution is -0.140. The topological polar surface area (TPSA) is 64.4 Å². The Labute approximate surface area is 167 Å². The summed E-state index contributed by atoms with van der Waals surface area (Å²) in [6, 6.07) is 5.08. The Kier molecular flexibility index (Phi) is 6.44. The maximum absolute atomic E-state index is 12.8. The zero-order valence-corrected chi connectivity index (χ0v) is 17.3. The third-order valence-electron chi connectivity index (χ3n) is 4.43. The predicted octanol–water partition coefficient (Wildman–Crippen LogP) is 3.19. The number of rotatable bonds is 5. The molecule has 1 saturated heterocycles. The first-order chi connectivity index (χ1) is 12.9. The van der Waals surface area contributed by atoms with Gasteiger partial charge in [0.1, 0.15) is 0 Å². The molecule has 8 heteroatoms. The lowest BCUT2D eigenvalue weighted by Gasteiger charge is -2.35. The number of benzene rings is 1. The molecule has 146 valence electrons. The molecule has 27 heavy (non-hydrogen) atoms. The molecular formula is C19H24ClN3O3S. The molecule has 0 spiro atoms. The van der Waals surface area contributed by atoms with E-state index in [4.69, 9.17) is 16.3 Å². The summed E-state index contributed by atoms with van der Waals surface area (Å²) in [5.74, 6) is 0.271. The molecule has 1 aromatic carbocycles. The van der Waals surface area contributed by atoms with Crippen molar-refractivity contribution >= 4 is 40.2 Å². The van der Waals surface area contributed by atoms with Crippen molar-refractivity contribution in [2.75, 3.05) is 18.8 Å². The highest BCUT2D eigenvalue weighted by molar-refractivity contribution is 7.99. The van der Waals surface area contributed by atoms with E-state index in [2.05, 4.69) is 4.98 Å². The zero-order valence-electron chi connectivity index (χ0n) is 15.8. The molecular weight excluding hydrogens is 386 g/mol. The number of amides is 1. The van der Waals surface area contributed by atoms with Gasteiger partial charge in [-0.25, -0.2) is 4.98 Å². The minimum Gasteiger partial charge on any atom is -0.372 e. The van der Waals surface area contributed by atoms with E-state index in [-0.39, 0.29) is 29.4 Å². The maximum atomic E-state index is 12.8. The van der Waals surface area contributed by atoms with E-state index >= 15 is 0 Å². The maximum Gasteiger partial charge on any atom is 0.262 e. The lowest BCUT2D eigenvalue weighted by Crippen LogP contribution is -2.48. The van der Waals surface area contributed by atoms with E-state index in [1.165, 1.54) is 11.8 Å². The molecule has 2 atom stereocenters. The molecule has 0 N–H and O–H groups in total. The molecule has 0 saturated carbocycles. The summed E-state index contributed by atoms with van der Waals surface area (Å²) < 4.78 is 7.34. The fraction of sp³-hybridized carbons (Fsp3) is 0.526. The third kappa shape index (κ3) is 4.65. The third-order valence-corrected chi connectivity index (χ3v) is 5.62. The second-order valence-corrected chi connectivity index (χ2v) is 8.24. The number of carbonyl (C=O) groups excluding carboxylic acids is 1. The van der Waals surface area contributed by atoms with Crippen LogP contribution in [0.4, 0.5) is 0 Å². The van der Waals surface area contributed by atoms with Crippen LogP contribution in [0.2, 0.25) is 5.02 Å². The summed E-state index contributed by atoms with van der Waals surface area (Å²) in [5.41, 5.74) is 0.463. The Balaban J connectivity index is 1.84. The van der Waals surface area contributed by atoms with Crippen LogP contribution in [0, 0.1) is 0 Å². The Morgan fingerprint density at radius 3 is 2.70 bits per heavy atom. The predicted molar refractivity (Wildman–Crippen MR) is 109 cm³/mol. The van der Waals surface area contributed by atoms with Crippen LogP contribution in [-0.4, -0.2) is 51.4 Å². The van der Waals surface area contributed by atoms with Crippen LogP contribution in [0.15, 0.2) is 28.2 Å².